The van der Waals surface area contributed by atoms with Gasteiger partial charge in [0.2, 0.25) is 0 Å². The Labute approximate surface area is 138 Å². The molecule has 3 aromatic rings. The van der Waals surface area contributed by atoms with Crippen LogP contribution in [-0.4, -0.2) is 20.7 Å². The number of fused-ring (bicyclic) bond motifs is 3. The summed E-state index contributed by atoms with van der Waals surface area (Å²) in [6.45, 7) is 5.01. The van der Waals surface area contributed by atoms with Gasteiger partial charge in [0.15, 0.2) is 5.65 Å². The Balaban J connectivity index is 1.95. The Morgan fingerprint density at radius 3 is 2.71 bits per heavy atom. The summed E-state index contributed by atoms with van der Waals surface area (Å²) in [6.07, 6.45) is 0.593. The summed E-state index contributed by atoms with van der Waals surface area (Å²) < 4.78 is 16.2. The van der Waals surface area contributed by atoms with Crippen LogP contribution in [0.15, 0.2) is 35.1 Å². The lowest BCUT2D eigenvalue weighted by molar-refractivity contribution is 0.556. The molecule has 6 heteroatoms. The maximum Gasteiger partial charge on any atom is 0.350 e. The van der Waals surface area contributed by atoms with E-state index in [2.05, 4.69) is 30.3 Å². The van der Waals surface area contributed by atoms with Gasteiger partial charge in [-0.2, -0.15) is 0 Å². The van der Waals surface area contributed by atoms with Crippen molar-refractivity contribution >= 4 is 11.3 Å². The third-order valence-corrected chi connectivity index (χ3v) is 4.68. The molecule has 1 aliphatic rings. The zero-order chi connectivity index (χ0) is 17.1. The molecule has 0 spiro atoms. The van der Waals surface area contributed by atoms with Crippen molar-refractivity contribution in [2.24, 2.45) is 7.05 Å². The normalized spacial score (nSPS) is 15.5. The van der Waals surface area contributed by atoms with Gasteiger partial charge in [-0.05, 0) is 23.8 Å². The van der Waals surface area contributed by atoms with Crippen molar-refractivity contribution in [2.75, 3.05) is 11.9 Å². The highest BCUT2D eigenvalue weighted by molar-refractivity contribution is 5.66. The first-order valence-corrected chi connectivity index (χ1v) is 7.97. The van der Waals surface area contributed by atoms with E-state index >= 15 is 0 Å². The first-order valence-electron chi connectivity index (χ1n) is 7.97. The molecule has 124 valence electrons. The van der Waals surface area contributed by atoms with Gasteiger partial charge in [0, 0.05) is 31.0 Å². The fourth-order valence-corrected chi connectivity index (χ4v) is 3.46. The summed E-state index contributed by atoms with van der Waals surface area (Å²) in [6, 6.07) is 8.49. The van der Waals surface area contributed by atoms with Gasteiger partial charge in [0.05, 0.1) is 11.4 Å². The van der Waals surface area contributed by atoms with Crippen LogP contribution in [0, 0.1) is 5.82 Å². The second-order valence-electron chi connectivity index (χ2n) is 7.04. The van der Waals surface area contributed by atoms with Crippen molar-refractivity contribution in [3.8, 4) is 0 Å². The van der Waals surface area contributed by atoms with E-state index < -0.39 is 0 Å². The van der Waals surface area contributed by atoms with Crippen LogP contribution in [0.3, 0.4) is 0 Å². The largest absolute Gasteiger partial charge is 0.383 e. The first kappa shape index (κ1) is 14.9. The fourth-order valence-electron chi connectivity index (χ4n) is 3.46. The van der Waals surface area contributed by atoms with E-state index in [0.717, 1.165) is 29.1 Å². The molecule has 5 nitrogen and oxygen atoms in total. The Bertz CT molecular complexity index is 999. The van der Waals surface area contributed by atoms with Gasteiger partial charge >= 0.3 is 5.69 Å². The summed E-state index contributed by atoms with van der Waals surface area (Å²) in [7, 11) is 1.67. The second-order valence-corrected chi connectivity index (χ2v) is 7.04. The van der Waals surface area contributed by atoms with Crippen LogP contribution in [0.5, 0.6) is 0 Å². The minimum absolute atomic E-state index is 0.140. The van der Waals surface area contributed by atoms with Gasteiger partial charge in [-0.15, -0.1) is 5.10 Å². The summed E-state index contributed by atoms with van der Waals surface area (Å²) in [4.78, 5) is 12.6. The number of aryl methyl sites for hydroxylation is 1. The Kier molecular flexibility index (Phi) is 3.07. The van der Waals surface area contributed by atoms with Crippen LogP contribution in [-0.2, 0) is 18.9 Å². The number of benzene rings is 1. The second kappa shape index (κ2) is 4.93. The van der Waals surface area contributed by atoms with Gasteiger partial charge < -0.3 is 5.32 Å². The quantitative estimate of drug-likeness (QED) is 0.787. The molecule has 0 bridgehead atoms. The Morgan fingerprint density at radius 2 is 2.00 bits per heavy atom. The molecule has 0 radical (unpaired) electrons. The molecule has 2 aromatic heterocycles. The average Bonchev–Trinajstić information content (AvgIpc) is 2.99. The molecular formula is C18H19FN4O. The highest BCUT2D eigenvalue weighted by atomic mass is 19.1. The molecule has 0 saturated carbocycles. The zero-order valence-corrected chi connectivity index (χ0v) is 13.9. The smallest absolute Gasteiger partial charge is 0.350 e. The lowest BCUT2D eigenvalue weighted by atomic mass is 9.90. The van der Waals surface area contributed by atoms with Crippen molar-refractivity contribution in [3.05, 3.63) is 63.5 Å². The monoisotopic (exact) mass is 326 g/mol. The summed E-state index contributed by atoms with van der Waals surface area (Å²) in [5.74, 6) is -0.254. The Hall–Kier alpha value is -2.63. The highest BCUT2D eigenvalue weighted by Gasteiger charge is 2.34. The molecule has 0 atom stereocenters. The predicted molar refractivity (Wildman–Crippen MR) is 91.2 cm³/mol. The number of anilines is 1. The number of pyridine rings is 1. The van der Waals surface area contributed by atoms with Gasteiger partial charge in [-0.1, -0.05) is 26.0 Å². The van der Waals surface area contributed by atoms with Crippen molar-refractivity contribution < 1.29 is 4.39 Å². The number of hydrogen-bond acceptors (Lipinski definition) is 3. The third-order valence-electron chi connectivity index (χ3n) is 4.68. The van der Waals surface area contributed by atoms with Crippen molar-refractivity contribution in [1.29, 1.82) is 0 Å². The zero-order valence-electron chi connectivity index (χ0n) is 13.9. The van der Waals surface area contributed by atoms with E-state index in [9.17, 15) is 9.18 Å². The Morgan fingerprint density at radius 1 is 1.29 bits per heavy atom. The number of aromatic nitrogens is 3. The molecule has 4 rings (SSSR count). The fraction of sp³-hybridized carbons (Fsp3) is 0.333. The van der Waals surface area contributed by atoms with Crippen LogP contribution >= 0.6 is 0 Å². The summed E-state index contributed by atoms with van der Waals surface area (Å²) >= 11 is 0. The number of rotatable bonds is 2. The molecule has 0 fully saturated rings. The van der Waals surface area contributed by atoms with Crippen LogP contribution < -0.4 is 11.0 Å². The number of nitrogens with zero attached hydrogens (tertiary/aromatic N) is 3. The molecule has 1 aliphatic heterocycles. The molecule has 0 aliphatic carbocycles. The molecule has 1 aromatic carbocycles. The molecule has 1 N–H and O–H groups in total. The van der Waals surface area contributed by atoms with E-state index in [0.29, 0.717) is 12.1 Å². The van der Waals surface area contributed by atoms with E-state index in [-0.39, 0.29) is 16.9 Å². The van der Waals surface area contributed by atoms with E-state index in [1.165, 1.54) is 16.8 Å². The molecule has 0 unspecified atom stereocenters. The third kappa shape index (κ3) is 2.13. The topological polar surface area (TPSA) is 51.3 Å². The molecule has 0 saturated heterocycles. The van der Waals surface area contributed by atoms with Gasteiger partial charge in [0.25, 0.3) is 0 Å². The van der Waals surface area contributed by atoms with Crippen molar-refractivity contribution in [2.45, 2.75) is 25.7 Å². The lowest BCUT2D eigenvalue weighted by Gasteiger charge is -2.18. The van der Waals surface area contributed by atoms with Gasteiger partial charge in [0.1, 0.15) is 5.82 Å². The van der Waals surface area contributed by atoms with E-state index in [4.69, 9.17) is 0 Å². The van der Waals surface area contributed by atoms with Crippen LogP contribution in [0.25, 0.3) is 5.65 Å². The van der Waals surface area contributed by atoms with Crippen molar-refractivity contribution in [1.82, 2.24) is 14.2 Å². The molecular weight excluding hydrogens is 307 g/mol. The maximum atomic E-state index is 13.1. The molecule has 3 heterocycles. The predicted octanol–water partition coefficient (Wildman–Crippen LogP) is 2.47. The average molecular weight is 326 g/mol. The van der Waals surface area contributed by atoms with Crippen LogP contribution in [0.2, 0.25) is 0 Å². The number of halogens is 1. The maximum absolute atomic E-state index is 13.1. The first-order chi connectivity index (χ1) is 11.4. The SMILES string of the molecule is Cn1nc2c(Cc3ccc(F)cc3)cc3c(n2c1=O)C(C)(C)CN3. The van der Waals surface area contributed by atoms with E-state index in [1.807, 2.05) is 0 Å². The number of nitrogens with one attached hydrogen (secondary N) is 1. The minimum atomic E-state index is -0.254. The van der Waals surface area contributed by atoms with Crippen LogP contribution in [0.1, 0.15) is 30.7 Å². The molecule has 0 amide bonds. The number of hydrogen-bond donors (Lipinski definition) is 1. The summed E-state index contributed by atoms with van der Waals surface area (Å²) in [5.41, 5.74) is 4.26. The van der Waals surface area contributed by atoms with E-state index in [1.54, 1.807) is 23.6 Å². The van der Waals surface area contributed by atoms with Gasteiger partial charge in [-0.3, -0.25) is 0 Å². The lowest BCUT2D eigenvalue weighted by Crippen LogP contribution is -2.27. The van der Waals surface area contributed by atoms with Crippen molar-refractivity contribution in [3.63, 3.8) is 0 Å². The summed E-state index contributed by atoms with van der Waals surface area (Å²) in [5, 5.41) is 7.83. The molecule has 24 heavy (non-hydrogen) atoms. The van der Waals surface area contributed by atoms with Gasteiger partial charge in [-0.25, -0.2) is 18.3 Å². The highest BCUT2D eigenvalue weighted by Crippen LogP contribution is 2.37. The standard InChI is InChI=1S/C18H19FN4O/c1-18(2)10-20-14-9-12(8-11-4-6-13(19)7-5-11)16-21-22(3)17(24)23(16)15(14)18/h4-7,9,20H,8,10H2,1-3H3. The van der Waals surface area contributed by atoms with Crippen LogP contribution in [0.4, 0.5) is 10.1 Å². The minimum Gasteiger partial charge on any atom is -0.383 e.